The van der Waals surface area contributed by atoms with Crippen molar-refractivity contribution in [3.05, 3.63) is 52.4 Å². The van der Waals surface area contributed by atoms with Gasteiger partial charge in [-0.2, -0.15) is 0 Å². The predicted octanol–water partition coefficient (Wildman–Crippen LogP) is 2.74. The average molecular weight is 302 g/mol. The number of carboxylic acids is 1. The number of aromatic carboxylic acids is 1. The highest BCUT2D eigenvalue weighted by Gasteiger charge is 2.23. The van der Waals surface area contributed by atoms with Crippen LogP contribution < -0.4 is 10.6 Å². The number of carbonyl (C=O) groups excluding carboxylic acids is 1. The molecule has 0 fully saturated rings. The van der Waals surface area contributed by atoms with Crippen LogP contribution in [0.15, 0.2) is 35.7 Å². The molecule has 0 saturated carbocycles. The Morgan fingerprint density at radius 1 is 1.14 bits per heavy atom. The van der Waals surface area contributed by atoms with Crippen molar-refractivity contribution in [2.75, 3.05) is 5.32 Å². The van der Waals surface area contributed by atoms with Crippen molar-refractivity contribution in [1.82, 2.24) is 5.32 Å². The van der Waals surface area contributed by atoms with Gasteiger partial charge in [0.05, 0.1) is 5.56 Å². The highest BCUT2D eigenvalue weighted by atomic mass is 32.1. The largest absolute Gasteiger partial charge is 0.478 e. The fourth-order valence-electron chi connectivity index (χ4n) is 2.56. The molecule has 1 aromatic heterocycles. The molecule has 6 heteroatoms. The Bertz CT molecular complexity index is 671. The van der Waals surface area contributed by atoms with E-state index in [1.165, 1.54) is 28.5 Å². The molecular formula is C15H14N2O3S. The molecule has 3 rings (SSSR count). The van der Waals surface area contributed by atoms with Crippen LogP contribution in [-0.4, -0.2) is 23.1 Å². The second-order valence-corrected chi connectivity index (χ2v) is 5.86. The first kappa shape index (κ1) is 13.6. The standard InChI is InChI=1S/C15H14N2O3S/c18-14(19)12-5-6-21-13(12)17-15(20)16-11-7-9-3-1-2-4-10(9)8-11/h1-6,11H,7-8H2,(H,18,19)(H2,16,17,20). The summed E-state index contributed by atoms with van der Waals surface area (Å²) in [5.41, 5.74) is 2.63. The van der Waals surface area contributed by atoms with Crippen LogP contribution in [0.1, 0.15) is 21.5 Å². The van der Waals surface area contributed by atoms with Gasteiger partial charge in [0.15, 0.2) is 0 Å². The third-order valence-corrected chi connectivity index (χ3v) is 4.34. The van der Waals surface area contributed by atoms with E-state index in [-0.39, 0.29) is 17.6 Å². The van der Waals surface area contributed by atoms with Crippen LogP contribution in [0.3, 0.4) is 0 Å². The van der Waals surface area contributed by atoms with Crippen LogP contribution in [0.25, 0.3) is 0 Å². The number of benzene rings is 1. The van der Waals surface area contributed by atoms with Gasteiger partial charge in [-0.3, -0.25) is 5.32 Å². The van der Waals surface area contributed by atoms with E-state index in [0.29, 0.717) is 5.00 Å². The van der Waals surface area contributed by atoms with Gasteiger partial charge in [-0.1, -0.05) is 24.3 Å². The summed E-state index contributed by atoms with van der Waals surface area (Å²) in [5.74, 6) is -1.04. The zero-order valence-electron chi connectivity index (χ0n) is 11.1. The number of carboxylic acid groups (broad SMARTS) is 1. The highest BCUT2D eigenvalue weighted by Crippen LogP contribution is 2.24. The Hall–Kier alpha value is -2.34. The number of thiophene rings is 1. The molecule has 1 heterocycles. The topological polar surface area (TPSA) is 78.4 Å². The number of fused-ring (bicyclic) bond motifs is 1. The first-order chi connectivity index (χ1) is 10.1. The average Bonchev–Trinajstić information content (AvgIpc) is 3.03. The maximum atomic E-state index is 12.0. The van der Waals surface area contributed by atoms with Gasteiger partial charge in [-0.05, 0) is 35.4 Å². The Kier molecular flexibility index (Phi) is 3.62. The summed E-state index contributed by atoms with van der Waals surface area (Å²) < 4.78 is 0. The minimum Gasteiger partial charge on any atom is -0.478 e. The fourth-order valence-corrected chi connectivity index (χ4v) is 3.33. The summed E-state index contributed by atoms with van der Waals surface area (Å²) in [4.78, 5) is 23.0. The van der Waals surface area contributed by atoms with Crippen molar-refractivity contribution in [3.63, 3.8) is 0 Å². The summed E-state index contributed by atoms with van der Waals surface area (Å²) in [6.45, 7) is 0. The lowest BCUT2D eigenvalue weighted by Gasteiger charge is -2.12. The summed E-state index contributed by atoms with van der Waals surface area (Å²) in [6, 6.07) is 9.29. The molecule has 1 aliphatic rings. The molecule has 5 nitrogen and oxygen atoms in total. The zero-order chi connectivity index (χ0) is 14.8. The van der Waals surface area contributed by atoms with Gasteiger partial charge in [0.2, 0.25) is 0 Å². The minimum atomic E-state index is -1.04. The normalized spacial score (nSPS) is 13.7. The van der Waals surface area contributed by atoms with Crippen LogP contribution in [0, 0.1) is 0 Å². The van der Waals surface area contributed by atoms with E-state index in [1.54, 1.807) is 5.38 Å². The smallest absolute Gasteiger partial charge is 0.338 e. The lowest BCUT2D eigenvalue weighted by molar-refractivity contribution is 0.0698. The molecular weight excluding hydrogens is 288 g/mol. The van der Waals surface area contributed by atoms with Crippen molar-refractivity contribution >= 4 is 28.3 Å². The predicted molar refractivity (Wildman–Crippen MR) is 81.1 cm³/mol. The number of carbonyl (C=O) groups is 2. The number of rotatable bonds is 3. The number of urea groups is 1. The lowest BCUT2D eigenvalue weighted by Crippen LogP contribution is -2.38. The van der Waals surface area contributed by atoms with Gasteiger partial charge in [-0.25, -0.2) is 9.59 Å². The first-order valence-electron chi connectivity index (χ1n) is 6.58. The van der Waals surface area contributed by atoms with E-state index in [2.05, 4.69) is 22.8 Å². The fraction of sp³-hybridized carbons (Fsp3) is 0.200. The van der Waals surface area contributed by atoms with Gasteiger partial charge in [0.25, 0.3) is 0 Å². The van der Waals surface area contributed by atoms with Crippen LogP contribution in [-0.2, 0) is 12.8 Å². The molecule has 0 radical (unpaired) electrons. The molecule has 21 heavy (non-hydrogen) atoms. The summed E-state index contributed by atoms with van der Waals surface area (Å²) >= 11 is 1.20. The Morgan fingerprint density at radius 3 is 2.43 bits per heavy atom. The molecule has 0 spiro atoms. The maximum Gasteiger partial charge on any atom is 0.338 e. The lowest BCUT2D eigenvalue weighted by atomic mass is 10.1. The Balaban J connectivity index is 1.61. The number of amides is 2. The van der Waals surface area contributed by atoms with E-state index >= 15 is 0 Å². The zero-order valence-corrected chi connectivity index (χ0v) is 11.9. The third kappa shape index (κ3) is 2.90. The molecule has 1 aromatic carbocycles. The molecule has 0 unspecified atom stereocenters. The van der Waals surface area contributed by atoms with Crippen LogP contribution in [0.2, 0.25) is 0 Å². The van der Waals surface area contributed by atoms with E-state index in [4.69, 9.17) is 5.11 Å². The molecule has 0 bridgehead atoms. The van der Waals surface area contributed by atoms with Gasteiger partial charge in [0, 0.05) is 6.04 Å². The number of nitrogens with one attached hydrogen (secondary N) is 2. The van der Waals surface area contributed by atoms with Crippen molar-refractivity contribution in [2.45, 2.75) is 18.9 Å². The third-order valence-electron chi connectivity index (χ3n) is 3.51. The van der Waals surface area contributed by atoms with E-state index in [9.17, 15) is 9.59 Å². The number of hydrogen-bond donors (Lipinski definition) is 3. The second-order valence-electron chi connectivity index (χ2n) is 4.94. The van der Waals surface area contributed by atoms with Crippen LogP contribution >= 0.6 is 11.3 Å². The molecule has 0 atom stereocenters. The Labute approximate surface area is 125 Å². The summed E-state index contributed by atoms with van der Waals surface area (Å²) in [7, 11) is 0. The molecule has 2 amide bonds. The van der Waals surface area contributed by atoms with Gasteiger partial charge in [0.1, 0.15) is 5.00 Å². The molecule has 0 aliphatic heterocycles. The SMILES string of the molecule is O=C(Nc1sccc1C(=O)O)NC1Cc2ccccc2C1. The maximum absolute atomic E-state index is 12.0. The van der Waals surface area contributed by atoms with E-state index in [0.717, 1.165) is 12.8 Å². The van der Waals surface area contributed by atoms with E-state index in [1.807, 2.05) is 12.1 Å². The van der Waals surface area contributed by atoms with E-state index < -0.39 is 5.97 Å². The quantitative estimate of drug-likeness (QED) is 0.815. The van der Waals surface area contributed by atoms with Crippen LogP contribution in [0.5, 0.6) is 0 Å². The number of anilines is 1. The van der Waals surface area contributed by atoms with Gasteiger partial charge < -0.3 is 10.4 Å². The second kappa shape index (κ2) is 5.57. The molecule has 2 aromatic rings. The monoisotopic (exact) mass is 302 g/mol. The summed E-state index contributed by atoms with van der Waals surface area (Å²) in [6.07, 6.45) is 1.61. The van der Waals surface area contributed by atoms with Crippen molar-refractivity contribution < 1.29 is 14.7 Å². The molecule has 108 valence electrons. The van der Waals surface area contributed by atoms with Gasteiger partial charge in [-0.15, -0.1) is 11.3 Å². The first-order valence-corrected chi connectivity index (χ1v) is 7.46. The number of hydrogen-bond acceptors (Lipinski definition) is 3. The molecule has 3 N–H and O–H groups in total. The minimum absolute atomic E-state index is 0.0515. The molecule has 0 saturated heterocycles. The van der Waals surface area contributed by atoms with Gasteiger partial charge >= 0.3 is 12.0 Å². The Morgan fingerprint density at radius 2 is 1.81 bits per heavy atom. The van der Waals surface area contributed by atoms with Crippen molar-refractivity contribution in [2.24, 2.45) is 0 Å². The van der Waals surface area contributed by atoms with Crippen LogP contribution in [0.4, 0.5) is 9.80 Å². The highest BCUT2D eigenvalue weighted by molar-refractivity contribution is 7.14. The van der Waals surface area contributed by atoms with Crippen molar-refractivity contribution in [1.29, 1.82) is 0 Å². The molecule has 1 aliphatic carbocycles. The summed E-state index contributed by atoms with van der Waals surface area (Å²) in [5, 5.41) is 16.5. The van der Waals surface area contributed by atoms with Crippen molar-refractivity contribution in [3.8, 4) is 0 Å².